The SMILES string of the molecule is CC1(CO)CCCN(CCOCCO)C1. The van der Waals surface area contributed by atoms with Crippen molar-refractivity contribution in [2.45, 2.75) is 19.8 Å². The molecule has 0 amide bonds. The molecule has 90 valence electrons. The molecule has 1 fully saturated rings. The van der Waals surface area contributed by atoms with Crippen LogP contribution in [0, 0.1) is 5.41 Å². The van der Waals surface area contributed by atoms with Crippen molar-refractivity contribution in [3.63, 3.8) is 0 Å². The highest BCUT2D eigenvalue weighted by Crippen LogP contribution is 2.28. The Hall–Kier alpha value is -0.160. The molecule has 1 heterocycles. The lowest BCUT2D eigenvalue weighted by Gasteiger charge is -2.39. The molecule has 0 aromatic rings. The van der Waals surface area contributed by atoms with E-state index < -0.39 is 0 Å². The molecule has 0 aromatic carbocycles. The van der Waals surface area contributed by atoms with Crippen LogP contribution < -0.4 is 0 Å². The first-order valence-electron chi connectivity index (χ1n) is 5.72. The lowest BCUT2D eigenvalue weighted by Crippen LogP contribution is -2.44. The molecule has 0 spiro atoms. The molecule has 1 saturated heterocycles. The lowest BCUT2D eigenvalue weighted by molar-refractivity contribution is 0.0219. The maximum Gasteiger partial charge on any atom is 0.0698 e. The Kier molecular flexibility index (Phi) is 5.53. The summed E-state index contributed by atoms with van der Waals surface area (Å²) < 4.78 is 5.23. The van der Waals surface area contributed by atoms with Gasteiger partial charge in [0.15, 0.2) is 0 Å². The van der Waals surface area contributed by atoms with Gasteiger partial charge in [0.2, 0.25) is 0 Å². The fourth-order valence-electron chi connectivity index (χ4n) is 2.11. The zero-order chi connectivity index (χ0) is 11.1. The second-order valence-electron chi connectivity index (χ2n) is 4.68. The molecule has 2 N–H and O–H groups in total. The maximum atomic E-state index is 9.29. The first-order valence-corrected chi connectivity index (χ1v) is 5.72. The van der Waals surface area contributed by atoms with Crippen molar-refractivity contribution < 1.29 is 14.9 Å². The van der Waals surface area contributed by atoms with Gasteiger partial charge in [0, 0.05) is 25.1 Å². The van der Waals surface area contributed by atoms with Crippen LogP contribution in [0.2, 0.25) is 0 Å². The molecule has 0 bridgehead atoms. The second-order valence-corrected chi connectivity index (χ2v) is 4.68. The molecule has 1 atom stereocenters. The van der Waals surface area contributed by atoms with Crippen LogP contribution in [0.3, 0.4) is 0 Å². The third-order valence-corrected chi connectivity index (χ3v) is 3.03. The van der Waals surface area contributed by atoms with E-state index in [-0.39, 0.29) is 18.6 Å². The fourth-order valence-corrected chi connectivity index (χ4v) is 2.11. The number of ether oxygens (including phenoxy) is 1. The number of hydrogen-bond acceptors (Lipinski definition) is 4. The van der Waals surface area contributed by atoms with Gasteiger partial charge in [-0.3, -0.25) is 0 Å². The summed E-state index contributed by atoms with van der Waals surface area (Å²) >= 11 is 0. The Morgan fingerprint density at radius 3 is 2.80 bits per heavy atom. The van der Waals surface area contributed by atoms with E-state index in [9.17, 15) is 5.11 Å². The van der Waals surface area contributed by atoms with E-state index in [1.54, 1.807) is 0 Å². The molecular weight excluding hydrogens is 194 g/mol. The quantitative estimate of drug-likeness (QED) is 0.619. The lowest BCUT2D eigenvalue weighted by atomic mass is 9.83. The normalized spacial score (nSPS) is 28.2. The van der Waals surface area contributed by atoms with Crippen molar-refractivity contribution in [3.05, 3.63) is 0 Å². The zero-order valence-electron chi connectivity index (χ0n) is 9.61. The topological polar surface area (TPSA) is 52.9 Å². The van der Waals surface area contributed by atoms with Crippen molar-refractivity contribution in [1.29, 1.82) is 0 Å². The van der Waals surface area contributed by atoms with E-state index in [1.165, 1.54) is 0 Å². The Bertz CT molecular complexity index is 177. The number of likely N-dealkylation sites (tertiary alicyclic amines) is 1. The monoisotopic (exact) mass is 217 g/mol. The van der Waals surface area contributed by atoms with Gasteiger partial charge in [-0.25, -0.2) is 0 Å². The van der Waals surface area contributed by atoms with Gasteiger partial charge in [-0.1, -0.05) is 6.92 Å². The van der Waals surface area contributed by atoms with Gasteiger partial charge in [0.1, 0.15) is 0 Å². The molecular formula is C11H23NO3. The molecule has 1 unspecified atom stereocenters. The van der Waals surface area contributed by atoms with Crippen molar-refractivity contribution in [3.8, 4) is 0 Å². The van der Waals surface area contributed by atoms with E-state index in [1.807, 2.05) is 0 Å². The van der Waals surface area contributed by atoms with Crippen LogP contribution in [-0.2, 0) is 4.74 Å². The molecule has 1 rings (SSSR count). The summed E-state index contributed by atoms with van der Waals surface area (Å²) in [5, 5.41) is 17.8. The number of aliphatic hydroxyl groups is 2. The number of aliphatic hydroxyl groups excluding tert-OH is 2. The highest BCUT2D eigenvalue weighted by molar-refractivity contribution is 4.82. The summed E-state index contributed by atoms with van der Waals surface area (Å²) in [4.78, 5) is 2.33. The smallest absolute Gasteiger partial charge is 0.0698 e. The summed E-state index contributed by atoms with van der Waals surface area (Å²) in [6, 6.07) is 0. The Morgan fingerprint density at radius 2 is 2.13 bits per heavy atom. The molecule has 0 radical (unpaired) electrons. The minimum Gasteiger partial charge on any atom is -0.396 e. The van der Waals surface area contributed by atoms with Crippen LogP contribution in [0.1, 0.15) is 19.8 Å². The maximum absolute atomic E-state index is 9.29. The first kappa shape index (κ1) is 12.9. The van der Waals surface area contributed by atoms with Gasteiger partial charge in [0.05, 0.1) is 19.8 Å². The molecule has 0 aliphatic carbocycles. The number of piperidine rings is 1. The minimum atomic E-state index is 0.0647. The van der Waals surface area contributed by atoms with Gasteiger partial charge in [0.25, 0.3) is 0 Å². The molecule has 4 nitrogen and oxygen atoms in total. The molecule has 15 heavy (non-hydrogen) atoms. The highest BCUT2D eigenvalue weighted by atomic mass is 16.5. The summed E-state index contributed by atoms with van der Waals surface area (Å²) in [6.45, 7) is 6.52. The number of hydrogen-bond donors (Lipinski definition) is 2. The van der Waals surface area contributed by atoms with Crippen molar-refractivity contribution in [2.24, 2.45) is 5.41 Å². The second kappa shape index (κ2) is 6.43. The number of rotatable bonds is 6. The van der Waals surface area contributed by atoms with Crippen LogP contribution in [0.25, 0.3) is 0 Å². The number of nitrogens with zero attached hydrogens (tertiary/aromatic N) is 1. The predicted molar refractivity (Wildman–Crippen MR) is 58.8 cm³/mol. The van der Waals surface area contributed by atoms with E-state index >= 15 is 0 Å². The van der Waals surface area contributed by atoms with Gasteiger partial charge < -0.3 is 19.8 Å². The first-order chi connectivity index (χ1) is 7.20. The van der Waals surface area contributed by atoms with Crippen LogP contribution >= 0.6 is 0 Å². The Labute approximate surface area is 91.8 Å². The average molecular weight is 217 g/mol. The Morgan fingerprint density at radius 1 is 1.33 bits per heavy atom. The van der Waals surface area contributed by atoms with Crippen LogP contribution in [0.4, 0.5) is 0 Å². The van der Waals surface area contributed by atoms with Crippen LogP contribution in [-0.4, -0.2) is 61.2 Å². The molecule has 4 heteroatoms. The Balaban J connectivity index is 2.18. The van der Waals surface area contributed by atoms with Crippen molar-refractivity contribution in [2.75, 3.05) is 46.1 Å². The van der Waals surface area contributed by atoms with E-state index in [4.69, 9.17) is 9.84 Å². The summed E-state index contributed by atoms with van der Waals surface area (Å²) in [6.07, 6.45) is 2.26. The van der Waals surface area contributed by atoms with Crippen LogP contribution in [0.5, 0.6) is 0 Å². The molecule has 0 saturated carbocycles. The minimum absolute atomic E-state index is 0.0647. The highest BCUT2D eigenvalue weighted by Gasteiger charge is 2.29. The molecule has 1 aliphatic heterocycles. The van der Waals surface area contributed by atoms with Gasteiger partial charge >= 0.3 is 0 Å². The average Bonchev–Trinajstić information content (AvgIpc) is 2.25. The van der Waals surface area contributed by atoms with Gasteiger partial charge in [-0.2, -0.15) is 0 Å². The molecule has 0 aromatic heterocycles. The standard InChI is InChI=1S/C11H23NO3/c1-11(10-14)3-2-4-12(9-11)5-7-15-8-6-13/h13-14H,2-10H2,1H3. The summed E-state index contributed by atoms with van der Waals surface area (Å²) in [5.41, 5.74) is 0.0647. The molecule has 1 aliphatic rings. The largest absolute Gasteiger partial charge is 0.396 e. The van der Waals surface area contributed by atoms with Crippen molar-refractivity contribution in [1.82, 2.24) is 4.90 Å². The zero-order valence-corrected chi connectivity index (χ0v) is 9.61. The summed E-state index contributed by atoms with van der Waals surface area (Å²) in [5.74, 6) is 0. The third-order valence-electron chi connectivity index (χ3n) is 3.03. The van der Waals surface area contributed by atoms with Crippen LogP contribution in [0.15, 0.2) is 0 Å². The van der Waals surface area contributed by atoms with Crippen molar-refractivity contribution >= 4 is 0 Å². The van der Waals surface area contributed by atoms with Gasteiger partial charge in [-0.15, -0.1) is 0 Å². The fraction of sp³-hybridized carbons (Fsp3) is 1.00. The predicted octanol–water partition coefficient (Wildman–Crippen LogP) is 0.0897. The van der Waals surface area contributed by atoms with E-state index in [0.717, 1.165) is 32.5 Å². The van der Waals surface area contributed by atoms with Gasteiger partial charge in [-0.05, 0) is 19.4 Å². The third kappa shape index (κ3) is 4.47. The van der Waals surface area contributed by atoms with E-state index in [0.29, 0.717) is 13.2 Å². The summed E-state index contributed by atoms with van der Waals surface area (Å²) in [7, 11) is 0. The van der Waals surface area contributed by atoms with E-state index in [2.05, 4.69) is 11.8 Å².